The van der Waals surface area contributed by atoms with Crippen molar-refractivity contribution in [2.24, 2.45) is 4.99 Å². The van der Waals surface area contributed by atoms with Crippen LogP contribution in [0.1, 0.15) is 44.2 Å². The fraction of sp³-hybridized carbons (Fsp3) is 0.409. The average molecular weight is 366 g/mol. The van der Waals surface area contributed by atoms with Crippen molar-refractivity contribution in [1.82, 2.24) is 0 Å². The molecular weight excluding hydrogens is 340 g/mol. The molecular formula is C22H26N2O3. The van der Waals surface area contributed by atoms with Crippen LogP contribution in [0, 0.1) is 0 Å². The van der Waals surface area contributed by atoms with Crippen molar-refractivity contribution in [3.05, 3.63) is 41.5 Å². The smallest absolute Gasteiger partial charge is 0.231 e. The lowest BCUT2D eigenvalue weighted by Crippen LogP contribution is -2.45. The Labute approximate surface area is 160 Å². The molecule has 0 amide bonds. The second-order valence-electron chi connectivity index (χ2n) is 7.93. The van der Waals surface area contributed by atoms with Crippen molar-refractivity contribution in [2.75, 3.05) is 25.9 Å². The molecule has 1 unspecified atom stereocenters. The van der Waals surface area contributed by atoms with Gasteiger partial charge >= 0.3 is 0 Å². The van der Waals surface area contributed by atoms with Gasteiger partial charge in [-0.2, -0.15) is 0 Å². The normalized spacial score (nSPS) is 20.0. The van der Waals surface area contributed by atoms with E-state index in [1.165, 1.54) is 11.3 Å². The maximum atomic E-state index is 5.66. The van der Waals surface area contributed by atoms with Crippen LogP contribution in [0.3, 0.4) is 0 Å². The maximum Gasteiger partial charge on any atom is 0.231 e. The first-order valence-electron chi connectivity index (χ1n) is 9.28. The Morgan fingerprint density at radius 2 is 1.96 bits per heavy atom. The van der Waals surface area contributed by atoms with Gasteiger partial charge in [0.1, 0.15) is 5.75 Å². The third kappa shape index (κ3) is 3.11. The highest BCUT2D eigenvalue weighted by Gasteiger charge is 2.34. The fourth-order valence-corrected chi connectivity index (χ4v) is 4.00. The first-order chi connectivity index (χ1) is 12.9. The second kappa shape index (κ2) is 6.48. The van der Waals surface area contributed by atoms with Gasteiger partial charge in [-0.15, -0.1) is 0 Å². The summed E-state index contributed by atoms with van der Waals surface area (Å²) in [5.74, 6) is 2.81. The summed E-state index contributed by atoms with van der Waals surface area (Å²) >= 11 is 0. The van der Waals surface area contributed by atoms with Gasteiger partial charge in [0.15, 0.2) is 11.5 Å². The highest BCUT2D eigenvalue weighted by molar-refractivity contribution is 5.88. The number of hydrogen-bond donors (Lipinski definition) is 0. The van der Waals surface area contributed by atoms with Gasteiger partial charge < -0.3 is 19.1 Å². The Kier molecular flexibility index (Phi) is 4.25. The van der Waals surface area contributed by atoms with E-state index < -0.39 is 0 Å². The van der Waals surface area contributed by atoms with Crippen LogP contribution in [0.2, 0.25) is 0 Å². The summed E-state index contributed by atoms with van der Waals surface area (Å²) in [6, 6.07) is 10.0. The van der Waals surface area contributed by atoms with Crippen LogP contribution < -0.4 is 19.1 Å². The third-order valence-corrected chi connectivity index (χ3v) is 5.69. The van der Waals surface area contributed by atoms with Gasteiger partial charge in [-0.1, -0.05) is 6.92 Å². The summed E-state index contributed by atoms with van der Waals surface area (Å²) in [6.07, 6.45) is 2.98. The monoisotopic (exact) mass is 366 g/mol. The zero-order chi connectivity index (χ0) is 19.2. The third-order valence-electron chi connectivity index (χ3n) is 5.69. The molecule has 0 bridgehead atoms. The molecule has 2 aromatic rings. The molecule has 0 saturated carbocycles. The van der Waals surface area contributed by atoms with E-state index in [0.717, 1.165) is 34.9 Å². The standard InChI is InChI=1S/C22H26N2O3/c1-14-11-22(2,3)24(4)18-10-20(25-5)15(8-17(14)18)12-23-16-6-7-19-21(9-16)27-13-26-19/h6-10,12,14H,11,13H2,1-5H3. The van der Waals surface area contributed by atoms with Crippen molar-refractivity contribution in [1.29, 1.82) is 0 Å². The molecule has 4 rings (SSSR count). The first-order valence-corrected chi connectivity index (χ1v) is 9.28. The fourth-order valence-electron chi connectivity index (χ4n) is 4.00. The van der Waals surface area contributed by atoms with Crippen molar-refractivity contribution < 1.29 is 14.2 Å². The Morgan fingerprint density at radius 3 is 2.74 bits per heavy atom. The number of hydrogen-bond acceptors (Lipinski definition) is 5. The predicted octanol–water partition coefficient (Wildman–Crippen LogP) is 4.90. The lowest BCUT2D eigenvalue weighted by molar-refractivity contribution is 0.174. The SMILES string of the molecule is COc1cc2c(cc1C=Nc1ccc3c(c1)OCO3)C(C)CC(C)(C)N2C. The van der Waals surface area contributed by atoms with Gasteiger partial charge in [0.2, 0.25) is 6.79 Å². The summed E-state index contributed by atoms with van der Waals surface area (Å²) < 4.78 is 16.4. The zero-order valence-corrected chi connectivity index (χ0v) is 16.6. The summed E-state index contributed by atoms with van der Waals surface area (Å²) in [4.78, 5) is 6.98. The number of anilines is 1. The van der Waals surface area contributed by atoms with Crippen LogP contribution in [0.5, 0.6) is 17.2 Å². The maximum absolute atomic E-state index is 5.66. The van der Waals surface area contributed by atoms with Crippen LogP contribution in [-0.4, -0.2) is 32.7 Å². The van der Waals surface area contributed by atoms with E-state index >= 15 is 0 Å². The molecule has 2 aliphatic rings. The van der Waals surface area contributed by atoms with Gasteiger partial charge in [-0.05, 0) is 49.9 Å². The molecule has 0 spiro atoms. The molecule has 27 heavy (non-hydrogen) atoms. The van der Waals surface area contributed by atoms with Gasteiger partial charge in [-0.3, -0.25) is 4.99 Å². The minimum absolute atomic E-state index is 0.125. The molecule has 2 heterocycles. The van der Waals surface area contributed by atoms with Crippen molar-refractivity contribution >= 4 is 17.6 Å². The Morgan fingerprint density at radius 1 is 1.19 bits per heavy atom. The van der Waals surface area contributed by atoms with E-state index in [4.69, 9.17) is 14.2 Å². The van der Waals surface area contributed by atoms with Gasteiger partial charge in [0, 0.05) is 42.2 Å². The Hall–Kier alpha value is -2.69. The highest BCUT2D eigenvalue weighted by Crippen LogP contribution is 2.44. The van der Waals surface area contributed by atoms with Crippen LogP contribution in [0.25, 0.3) is 0 Å². The molecule has 2 aliphatic heterocycles. The number of aliphatic imine (C=N–C) groups is 1. The number of methoxy groups -OCH3 is 1. The molecule has 0 aromatic heterocycles. The topological polar surface area (TPSA) is 43.3 Å². The van der Waals surface area contributed by atoms with Gasteiger partial charge in [0.05, 0.1) is 12.8 Å². The van der Waals surface area contributed by atoms with Crippen molar-refractivity contribution in [2.45, 2.75) is 38.6 Å². The minimum atomic E-state index is 0.125. The van der Waals surface area contributed by atoms with Crippen LogP contribution >= 0.6 is 0 Å². The minimum Gasteiger partial charge on any atom is -0.496 e. The van der Waals surface area contributed by atoms with Gasteiger partial charge in [-0.25, -0.2) is 0 Å². The van der Waals surface area contributed by atoms with Crippen molar-refractivity contribution in [3.8, 4) is 17.2 Å². The van der Waals surface area contributed by atoms with E-state index in [9.17, 15) is 0 Å². The summed E-state index contributed by atoms with van der Waals surface area (Å²) in [5.41, 5.74) is 4.50. The van der Waals surface area contributed by atoms with Crippen LogP contribution in [0.4, 0.5) is 11.4 Å². The van der Waals surface area contributed by atoms with Crippen LogP contribution in [0.15, 0.2) is 35.3 Å². The molecule has 0 radical (unpaired) electrons. The van der Waals surface area contributed by atoms with E-state index in [-0.39, 0.29) is 12.3 Å². The Balaban J connectivity index is 1.70. The molecule has 2 aromatic carbocycles. The molecule has 142 valence electrons. The number of ether oxygens (including phenoxy) is 3. The lowest BCUT2D eigenvalue weighted by Gasteiger charge is -2.45. The molecule has 1 atom stereocenters. The van der Waals surface area contributed by atoms with E-state index in [1.807, 2.05) is 24.4 Å². The molecule has 0 N–H and O–H groups in total. The Bertz CT molecular complexity index is 905. The van der Waals surface area contributed by atoms with E-state index in [1.54, 1.807) is 7.11 Å². The quantitative estimate of drug-likeness (QED) is 0.725. The van der Waals surface area contributed by atoms with E-state index in [2.05, 4.69) is 49.8 Å². The molecule has 5 nitrogen and oxygen atoms in total. The highest BCUT2D eigenvalue weighted by atomic mass is 16.7. The number of rotatable bonds is 3. The lowest BCUT2D eigenvalue weighted by atomic mass is 9.80. The zero-order valence-electron chi connectivity index (χ0n) is 16.6. The summed E-state index contributed by atoms with van der Waals surface area (Å²) in [6.45, 7) is 7.13. The van der Waals surface area contributed by atoms with E-state index in [0.29, 0.717) is 5.92 Å². The van der Waals surface area contributed by atoms with Crippen molar-refractivity contribution in [3.63, 3.8) is 0 Å². The average Bonchev–Trinajstić information content (AvgIpc) is 3.11. The first kappa shape index (κ1) is 17.7. The molecule has 0 aliphatic carbocycles. The summed E-state index contributed by atoms with van der Waals surface area (Å²) in [5, 5.41) is 0. The number of fused-ring (bicyclic) bond motifs is 2. The molecule has 0 fully saturated rings. The summed E-state index contributed by atoms with van der Waals surface area (Å²) in [7, 11) is 3.86. The number of benzene rings is 2. The van der Waals surface area contributed by atoms with Crippen LogP contribution in [-0.2, 0) is 0 Å². The molecule has 5 heteroatoms. The number of nitrogens with zero attached hydrogens (tertiary/aromatic N) is 2. The van der Waals surface area contributed by atoms with Gasteiger partial charge in [0.25, 0.3) is 0 Å². The largest absolute Gasteiger partial charge is 0.496 e. The second-order valence-corrected chi connectivity index (χ2v) is 7.93. The molecule has 0 saturated heterocycles. The predicted molar refractivity (Wildman–Crippen MR) is 108 cm³/mol.